The lowest BCUT2D eigenvalue weighted by molar-refractivity contribution is -0.384. The van der Waals surface area contributed by atoms with Crippen molar-refractivity contribution in [1.82, 2.24) is 10.3 Å². The molecule has 0 fully saturated rings. The van der Waals surface area contributed by atoms with Gasteiger partial charge in [0.05, 0.1) is 4.92 Å². The van der Waals surface area contributed by atoms with E-state index >= 15 is 0 Å². The largest absolute Gasteiger partial charge is 0.361 e. The number of nitro benzene ring substituents is 1. The first-order chi connectivity index (χ1) is 13.5. The minimum atomic E-state index is -0.618. The molecule has 1 heterocycles. The molecule has 0 radical (unpaired) electrons. The number of hydrogen-bond acceptors (Lipinski definition) is 4. The summed E-state index contributed by atoms with van der Waals surface area (Å²) in [5, 5.41) is 24.0. The van der Waals surface area contributed by atoms with Crippen LogP contribution >= 0.6 is 11.6 Å². The first-order valence-electron chi connectivity index (χ1n) is 8.38. The first-order valence-corrected chi connectivity index (χ1v) is 8.76. The molecule has 0 aliphatic rings. The van der Waals surface area contributed by atoms with Gasteiger partial charge in [-0.2, -0.15) is 5.26 Å². The molecule has 140 valence electrons. The second-order valence-electron chi connectivity index (χ2n) is 6.00. The zero-order chi connectivity index (χ0) is 20.1. The van der Waals surface area contributed by atoms with Crippen LogP contribution in [0.15, 0.2) is 54.2 Å². The van der Waals surface area contributed by atoms with Crippen LogP contribution in [0.1, 0.15) is 11.1 Å². The van der Waals surface area contributed by atoms with Crippen LogP contribution in [0.4, 0.5) is 5.69 Å². The zero-order valence-corrected chi connectivity index (χ0v) is 15.4. The van der Waals surface area contributed by atoms with Crippen molar-refractivity contribution in [2.45, 2.75) is 6.42 Å². The van der Waals surface area contributed by atoms with Gasteiger partial charge in [-0.15, -0.1) is 0 Å². The van der Waals surface area contributed by atoms with E-state index in [-0.39, 0.29) is 16.3 Å². The SMILES string of the molecule is N#C/C(=C\c1ccc(Cl)c([N+](=O)[O-])c1)C(=O)NCCc1c[nH]c2ccccc12. The molecule has 2 N–H and O–H groups in total. The van der Waals surface area contributed by atoms with E-state index in [9.17, 15) is 20.2 Å². The van der Waals surface area contributed by atoms with E-state index in [0.717, 1.165) is 16.5 Å². The van der Waals surface area contributed by atoms with Gasteiger partial charge in [-0.25, -0.2) is 0 Å². The van der Waals surface area contributed by atoms with Crippen molar-refractivity contribution < 1.29 is 9.72 Å². The van der Waals surface area contributed by atoms with E-state index in [2.05, 4.69) is 10.3 Å². The molecule has 0 aliphatic heterocycles. The van der Waals surface area contributed by atoms with Crippen molar-refractivity contribution in [3.8, 4) is 6.07 Å². The Morgan fingerprint density at radius 3 is 2.86 bits per heavy atom. The number of rotatable bonds is 6. The number of H-pyrrole nitrogens is 1. The van der Waals surface area contributed by atoms with Crippen LogP contribution in [0.2, 0.25) is 5.02 Å². The van der Waals surface area contributed by atoms with E-state index < -0.39 is 10.8 Å². The van der Waals surface area contributed by atoms with Crippen LogP contribution in [0, 0.1) is 21.4 Å². The van der Waals surface area contributed by atoms with E-state index in [1.165, 1.54) is 24.3 Å². The third-order valence-corrected chi connectivity index (χ3v) is 4.52. The third kappa shape index (κ3) is 4.19. The van der Waals surface area contributed by atoms with Crippen molar-refractivity contribution in [2.24, 2.45) is 0 Å². The Hall–Kier alpha value is -3.63. The smallest absolute Gasteiger partial charge is 0.288 e. The topological polar surface area (TPSA) is 112 Å². The summed E-state index contributed by atoms with van der Waals surface area (Å²) in [6.45, 7) is 0.348. The maximum Gasteiger partial charge on any atom is 0.288 e. The van der Waals surface area contributed by atoms with Crippen LogP contribution in [0.25, 0.3) is 17.0 Å². The molecule has 0 bridgehead atoms. The number of nitrogens with zero attached hydrogens (tertiary/aromatic N) is 2. The number of benzene rings is 2. The van der Waals surface area contributed by atoms with Gasteiger partial charge in [0.25, 0.3) is 11.6 Å². The lowest BCUT2D eigenvalue weighted by atomic mass is 10.1. The molecule has 0 saturated heterocycles. The summed E-state index contributed by atoms with van der Waals surface area (Å²) < 4.78 is 0. The summed E-state index contributed by atoms with van der Waals surface area (Å²) in [5.41, 5.74) is 2.00. The van der Waals surface area contributed by atoms with Crippen LogP contribution < -0.4 is 5.32 Å². The molecule has 0 atom stereocenters. The van der Waals surface area contributed by atoms with Gasteiger partial charge in [0, 0.05) is 29.7 Å². The highest BCUT2D eigenvalue weighted by atomic mass is 35.5. The van der Waals surface area contributed by atoms with Crippen molar-refractivity contribution in [3.05, 3.63) is 80.5 Å². The second-order valence-corrected chi connectivity index (χ2v) is 6.41. The lowest BCUT2D eigenvalue weighted by Gasteiger charge is -2.04. The fourth-order valence-corrected chi connectivity index (χ4v) is 3.01. The zero-order valence-electron chi connectivity index (χ0n) is 14.6. The van der Waals surface area contributed by atoms with Crippen LogP contribution in [0.3, 0.4) is 0 Å². The minimum absolute atomic E-state index is 0.0103. The number of aromatic nitrogens is 1. The molecule has 1 amide bonds. The van der Waals surface area contributed by atoms with Gasteiger partial charge in [-0.1, -0.05) is 35.9 Å². The van der Waals surface area contributed by atoms with Gasteiger partial charge >= 0.3 is 0 Å². The summed E-state index contributed by atoms with van der Waals surface area (Å²) in [5.74, 6) is -0.542. The van der Waals surface area contributed by atoms with Gasteiger partial charge in [0.15, 0.2) is 0 Å². The van der Waals surface area contributed by atoms with Gasteiger partial charge in [0.2, 0.25) is 0 Å². The number of aromatic amines is 1. The highest BCUT2D eigenvalue weighted by Gasteiger charge is 2.14. The number of amides is 1. The van der Waals surface area contributed by atoms with Crippen molar-refractivity contribution in [2.75, 3.05) is 6.54 Å². The number of halogens is 1. The summed E-state index contributed by atoms with van der Waals surface area (Å²) in [6.07, 6.45) is 3.79. The fraction of sp³-hybridized carbons (Fsp3) is 0.100. The Bertz CT molecular complexity index is 1130. The summed E-state index contributed by atoms with van der Waals surface area (Å²) in [7, 11) is 0. The number of carbonyl (C=O) groups is 1. The third-order valence-electron chi connectivity index (χ3n) is 4.20. The molecule has 7 nitrogen and oxygen atoms in total. The number of nitrogens with one attached hydrogen (secondary N) is 2. The molecule has 8 heteroatoms. The van der Waals surface area contributed by atoms with Crippen LogP contribution in [-0.4, -0.2) is 22.4 Å². The van der Waals surface area contributed by atoms with Crippen LogP contribution in [0.5, 0.6) is 0 Å². The molecule has 1 aromatic heterocycles. The lowest BCUT2D eigenvalue weighted by Crippen LogP contribution is -2.26. The summed E-state index contributed by atoms with van der Waals surface area (Å²) in [6, 6.07) is 13.8. The number of hydrogen-bond donors (Lipinski definition) is 2. The van der Waals surface area contributed by atoms with Crippen molar-refractivity contribution >= 4 is 40.2 Å². The average Bonchev–Trinajstić information content (AvgIpc) is 3.10. The Balaban J connectivity index is 1.68. The highest BCUT2D eigenvalue weighted by Crippen LogP contribution is 2.26. The predicted molar refractivity (Wildman–Crippen MR) is 107 cm³/mol. The maximum absolute atomic E-state index is 12.3. The first kappa shape index (κ1) is 19.1. The summed E-state index contributed by atoms with van der Waals surface area (Å²) >= 11 is 5.77. The van der Waals surface area contributed by atoms with E-state index in [1.54, 1.807) is 0 Å². The van der Waals surface area contributed by atoms with Crippen LogP contribution in [-0.2, 0) is 11.2 Å². The highest BCUT2D eigenvalue weighted by molar-refractivity contribution is 6.32. The molecular formula is C20H15ClN4O3. The van der Waals surface area contributed by atoms with Gasteiger partial charge in [0.1, 0.15) is 16.7 Å². The Labute approximate surface area is 165 Å². The molecule has 0 spiro atoms. The monoisotopic (exact) mass is 394 g/mol. The van der Waals surface area contributed by atoms with E-state index in [1.807, 2.05) is 36.5 Å². The summed E-state index contributed by atoms with van der Waals surface area (Å²) in [4.78, 5) is 25.8. The number of nitro groups is 1. The minimum Gasteiger partial charge on any atom is -0.361 e. The second kappa shape index (κ2) is 8.37. The van der Waals surface area contributed by atoms with Crippen molar-refractivity contribution in [3.63, 3.8) is 0 Å². The number of fused-ring (bicyclic) bond motifs is 1. The Morgan fingerprint density at radius 2 is 2.11 bits per heavy atom. The van der Waals surface area contributed by atoms with Gasteiger partial charge in [-0.05, 0) is 35.8 Å². The number of para-hydroxylation sites is 1. The molecule has 2 aromatic carbocycles. The molecular weight excluding hydrogens is 380 g/mol. The molecule has 28 heavy (non-hydrogen) atoms. The molecule has 0 aliphatic carbocycles. The number of nitriles is 1. The average molecular weight is 395 g/mol. The predicted octanol–water partition coefficient (Wildman–Crippen LogP) is 4.00. The normalized spacial score (nSPS) is 11.2. The molecule has 0 unspecified atom stereocenters. The quantitative estimate of drug-likeness (QED) is 0.285. The van der Waals surface area contributed by atoms with Gasteiger partial charge in [-0.3, -0.25) is 14.9 Å². The number of carbonyl (C=O) groups excluding carboxylic acids is 1. The van der Waals surface area contributed by atoms with Crippen molar-refractivity contribution in [1.29, 1.82) is 5.26 Å². The molecule has 0 saturated carbocycles. The standard InChI is InChI=1S/C20H15ClN4O3/c21-17-6-5-13(10-19(17)25(27)28)9-15(11-22)20(26)23-8-7-14-12-24-18-4-2-1-3-16(14)18/h1-6,9-10,12,24H,7-8H2,(H,23,26)/b15-9+. The van der Waals surface area contributed by atoms with Gasteiger partial charge < -0.3 is 10.3 Å². The Morgan fingerprint density at radius 1 is 1.32 bits per heavy atom. The maximum atomic E-state index is 12.3. The molecule has 3 aromatic rings. The van der Waals surface area contributed by atoms with E-state index in [0.29, 0.717) is 18.5 Å². The fourth-order valence-electron chi connectivity index (χ4n) is 2.82. The Kier molecular flexibility index (Phi) is 5.72. The molecule has 3 rings (SSSR count). The van der Waals surface area contributed by atoms with E-state index in [4.69, 9.17) is 11.6 Å².